The Bertz CT molecular complexity index is 656. The van der Waals surface area contributed by atoms with Crippen LogP contribution in [0.5, 0.6) is 0 Å². The molecule has 0 bridgehead atoms. The van der Waals surface area contributed by atoms with Crippen molar-refractivity contribution in [3.63, 3.8) is 0 Å². The van der Waals surface area contributed by atoms with Crippen LogP contribution in [0.1, 0.15) is 56.6 Å². The second-order valence-corrected chi connectivity index (χ2v) is 7.67. The lowest BCUT2D eigenvalue weighted by Crippen LogP contribution is -2.39. The predicted molar refractivity (Wildman–Crippen MR) is 97.6 cm³/mol. The Kier molecular flexibility index (Phi) is 3.64. The Morgan fingerprint density at radius 1 is 0.739 bits per heavy atom. The number of allylic oxidation sites excluding steroid dienone is 2. The van der Waals surface area contributed by atoms with E-state index in [2.05, 4.69) is 73.7 Å². The molecule has 118 valence electrons. The van der Waals surface area contributed by atoms with Crippen molar-refractivity contribution in [1.29, 1.82) is 0 Å². The van der Waals surface area contributed by atoms with Crippen LogP contribution < -0.4 is 0 Å². The third kappa shape index (κ3) is 2.45. The summed E-state index contributed by atoms with van der Waals surface area (Å²) in [6.45, 7) is 2.50. The number of benzene rings is 2. The summed E-state index contributed by atoms with van der Waals surface area (Å²) in [6.07, 6.45) is 10.3. The van der Waals surface area contributed by atoms with Gasteiger partial charge in [0.1, 0.15) is 0 Å². The van der Waals surface area contributed by atoms with E-state index in [4.69, 9.17) is 0 Å². The van der Waals surface area contributed by atoms with Crippen molar-refractivity contribution < 1.29 is 0 Å². The van der Waals surface area contributed by atoms with Crippen molar-refractivity contribution in [2.75, 3.05) is 0 Å². The third-order valence-corrected chi connectivity index (χ3v) is 6.35. The molecule has 0 N–H and O–H groups in total. The summed E-state index contributed by atoms with van der Waals surface area (Å²) < 4.78 is 0. The molecule has 0 radical (unpaired) electrons. The highest BCUT2D eigenvalue weighted by atomic mass is 14.5. The summed E-state index contributed by atoms with van der Waals surface area (Å²) in [5.74, 6) is 0. The lowest BCUT2D eigenvalue weighted by Gasteiger charge is -2.49. The predicted octanol–water partition coefficient (Wildman–Crippen LogP) is 6.27. The molecule has 0 heteroatoms. The molecule has 0 heterocycles. The van der Waals surface area contributed by atoms with Gasteiger partial charge in [-0.2, -0.15) is 0 Å². The summed E-state index contributed by atoms with van der Waals surface area (Å²) in [7, 11) is 0. The molecule has 1 fully saturated rings. The van der Waals surface area contributed by atoms with Crippen LogP contribution in [0.25, 0.3) is 0 Å². The van der Waals surface area contributed by atoms with E-state index in [1.165, 1.54) is 49.7 Å². The Labute approximate surface area is 140 Å². The number of fused-ring (bicyclic) bond motifs is 1. The van der Waals surface area contributed by atoms with Gasteiger partial charge in [-0.25, -0.2) is 0 Å². The highest BCUT2D eigenvalue weighted by Crippen LogP contribution is 2.56. The molecule has 1 saturated carbocycles. The first-order valence-electron chi connectivity index (χ1n) is 9.04. The molecule has 2 aromatic rings. The van der Waals surface area contributed by atoms with Gasteiger partial charge in [0.25, 0.3) is 0 Å². The second kappa shape index (κ2) is 5.67. The fourth-order valence-electron chi connectivity index (χ4n) is 4.82. The van der Waals surface area contributed by atoms with Gasteiger partial charge >= 0.3 is 0 Å². The van der Waals surface area contributed by atoms with Crippen molar-refractivity contribution in [2.24, 2.45) is 5.41 Å². The second-order valence-electron chi connectivity index (χ2n) is 7.67. The molecule has 0 aliphatic heterocycles. The van der Waals surface area contributed by atoms with Gasteiger partial charge in [0.2, 0.25) is 0 Å². The maximum Gasteiger partial charge on any atom is 0.0240 e. The van der Waals surface area contributed by atoms with Gasteiger partial charge in [0.05, 0.1) is 0 Å². The van der Waals surface area contributed by atoms with E-state index in [0.717, 1.165) is 0 Å². The van der Waals surface area contributed by atoms with E-state index in [0.29, 0.717) is 5.41 Å². The summed E-state index contributed by atoms with van der Waals surface area (Å²) in [5.41, 5.74) is 5.29. The summed E-state index contributed by atoms with van der Waals surface area (Å²) in [6, 6.07) is 22.4. The number of hydrogen-bond donors (Lipinski definition) is 0. The molecule has 2 aliphatic rings. The lowest BCUT2D eigenvalue weighted by atomic mass is 9.55. The lowest BCUT2D eigenvalue weighted by molar-refractivity contribution is 0.214. The van der Waals surface area contributed by atoms with Crippen LogP contribution in [0.4, 0.5) is 0 Å². The van der Waals surface area contributed by atoms with Crippen LogP contribution in [0.3, 0.4) is 0 Å². The van der Waals surface area contributed by atoms with E-state index < -0.39 is 0 Å². The zero-order valence-electron chi connectivity index (χ0n) is 14.1. The first kappa shape index (κ1) is 14.8. The minimum Gasteiger partial charge on any atom is -0.0847 e. The van der Waals surface area contributed by atoms with E-state index >= 15 is 0 Å². The highest BCUT2D eigenvalue weighted by Gasteiger charge is 2.45. The van der Waals surface area contributed by atoms with Gasteiger partial charge in [0, 0.05) is 5.41 Å². The quantitative estimate of drug-likeness (QED) is 0.573. The van der Waals surface area contributed by atoms with Gasteiger partial charge in [-0.1, -0.05) is 79.2 Å². The van der Waals surface area contributed by atoms with Gasteiger partial charge in [-0.3, -0.25) is 0 Å². The van der Waals surface area contributed by atoms with Crippen LogP contribution >= 0.6 is 0 Å². The Morgan fingerprint density at radius 2 is 1.35 bits per heavy atom. The highest BCUT2D eigenvalue weighted by molar-refractivity contribution is 5.44. The largest absolute Gasteiger partial charge is 0.0847 e. The first-order valence-corrected chi connectivity index (χ1v) is 9.04. The van der Waals surface area contributed by atoms with Crippen LogP contribution in [0.2, 0.25) is 0 Å². The van der Waals surface area contributed by atoms with Crippen molar-refractivity contribution in [3.8, 4) is 0 Å². The molecule has 2 aromatic carbocycles. The third-order valence-electron chi connectivity index (χ3n) is 6.35. The SMILES string of the molecule is C[C@]12CCCC=C1CC(c1ccccc1)(c1ccccc1)CC2. The minimum absolute atomic E-state index is 0.158. The van der Waals surface area contributed by atoms with E-state index in [1.807, 2.05) is 0 Å². The van der Waals surface area contributed by atoms with Crippen LogP contribution in [-0.4, -0.2) is 0 Å². The van der Waals surface area contributed by atoms with Crippen molar-refractivity contribution in [2.45, 2.75) is 50.9 Å². The van der Waals surface area contributed by atoms with Gasteiger partial charge in [-0.05, 0) is 55.1 Å². The topological polar surface area (TPSA) is 0 Å². The molecule has 0 unspecified atom stereocenters. The summed E-state index contributed by atoms with van der Waals surface area (Å²) in [5, 5.41) is 0. The average molecular weight is 302 g/mol. The Morgan fingerprint density at radius 3 is 1.96 bits per heavy atom. The van der Waals surface area contributed by atoms with Gasteiger partial charge in [0.15, 0.2) is 0 Å². The van der Waals surface area contributed by atoms with Gasteiger partial charge < -0.3 is 0 Å². The van der Waals surface area contributed by atoms with Crippen LogP contribution in [0, 0.1) is 5.41 Å². The van der Waals surface area contributed by atoms with Crippen LogP contribution in [0.15, 0.2) is 72.3 Å². The molecule has 0 aromatic heterocycles. The molecular weight excluding hydrogens is 276 g/mol. The molecule has 4 rings (SSSR count). The van der Waals surface area contributed by atoms with Crippen molar-refractivity contribution >= 4 is 0 Å². The maximum atomic E-state index is 2.56. The normalized spacial score (nSPS) is 26.2. The minimum atomic E-state index is 0.158. The number of rotatable bonds is 2. The van der Waals surface area contributed by atoms with E-state index in [9.17, 15) is 0 Å². The smallest absolute Gasteiger partial charge is 0.0240 e. The molecule has 0 spiro atoms. The number of hydrogen-bond acceptors (Lipinski definition) is 0. The fourth-order valence-corrected chi connectivity index (χ4v) is 4.82. The standard InChI is InChI=1S/C23H26/c1-22-15-9-8-14-21(22)18-23(17-16-22,19-10-4-2-5-11-19)20-12-6-3-7-13-20/h2-7,10-14H,8-9,15-18H2,1H3/t22-/m1/s1. The Hall–Kier alpha value is -1.82. The average Bonchev–Trinajstić information content (AvgIpc) is 2.62. The monoisotopic (exact) mass is 302 g/mol. The maximum absolute atomic E-state index is 2.56. The zero-order valence-corrected chi connectivity index (χ0v) is 14.1. The van der Waals surface area contributed by atoms with Crippen molar-refractivity contribution in [3.05, 3.63) is 83.4 Å². The van der Waals surface area contributed by atoms with E-state index in [1.54, 1.807) is 5.57 Å². The molecule has 0 amide bonds. The molecule has 0 saturated heterocycles. The Balaban J connectivity index is 1.84. The molecular formula is C23H26. The van der Waals surface area contributed by atoms with Crippen LogP contribution in [-0.2, 0) is 5.41 Å². The fraction of sp³-hybridized carbons (Fsp3) is 0.391. The van der Waals surface area contributed by atoms with E-state index in [-0.39, 0.29) is 5.41 Å². The summed E-state index contributed by atoms with van der Waals surface area (Å²) in [4.78, 5) is 0. The molecule has 1 atom stereocenters. The summed E-state index contributed by atoms with van der Waals surface area (Å²) >= 11 is 0. The molecule has 2 aliphatic carbocycles. The molecule has 0 nitrogen and oxygen atoms in total. The van der Waals surface area contributed by atoms with Crippen molar-refractivity contribution in [1.82, 2.24) is 0 Å². The zero-order chi connectivity index (χ0) is 15.8. The van der Waals surface area contributed by atoms with Gasteiger partial charge in [-0.15, -0.1) is 0 Å². The first-order chi connectivity index (χ1) is 11.2. The molecule has 23 heavy (non-hydrogen) atoms.